The summed E-state index contributed by atoms with van der Waals surface area (Å²) >= 11 is 0. The van der Waals surface area contributed by atoms with Crippen LogP contribution in [0.1, 0.15) is 44.1 Å². The fourth-order valence-corrected chi connectivity index (χ4v) is 3.86. The van der Waals surface area contributed by atoms with Crippen LogP contribution in [0.3, 0.4) is 0 Å². The number of likely N-dealkylation sites (tertiary alicyclic amines) is 1. The first-order valence-electron chi connectivity index (χ1n) is 10.2. The van der Waals surface area contributed by atoms with Gasteiger partial charge >= 0.3 is 0 Å². The minimum atomic E-state index is -0.299. The van der Waals surface area contributed by atoms with Gasteiger partial charge in [-0.05, 0) is 19.8 Å². The lowest BCUT2D eigenvalue weighted by Crippen LogP contribution is -2.52. The topological polar surface area (TPSA) is 95.7 Å². The standard InChI is InChI=1S/C20H32N6O2/c1-14(2)20-22-15(3)11-17(23-20)25-9-7-24(8-10-25)13-18(27)26-6-4-5-16(12-26)19(21)28/h11,14,16H,4-10,12-13H2,1-3H3,(H2,21,28). The third-order valence-electron chi connectivity index (χ3n) is 5.61. The van der Waals surface area contributed by atoms with E-state index >= 15 is 0 Å². The third-order valence-corrected chi connectivity index (χ3v) is 5.61. The molecule has 0 spiro atoms. The molecule has 1 aromatic rings. The molecule has 28 heavy (non-hydrogen) atoms. The maximum atomic E-state index is 12.6. The van der Waals surface area contributed by atoms with Crippen LogP contribution in [0.15, 0.2) is 6.07 Å². The number of aryl methyl sites for hydroxylation is 1. The van der Waals surface area contributed by atoms with Crippen LogP contribution < -0.4 is 10.6 Å². The molecule has 2 aliphatic rings. The Hall–Kier alpha value is -2.22. The Balaban J connectivity index is 1.53. The maximum absolute atomic E-state index is 12.6. The Morgan fingerprint density at radius 3 is 2.54 bits per heavy atom. The number of nitrogens with two attached hydrogens (primary N) is 1. The molecular formula is C20H32N6O2. The Morgan fingerprint density at radius 2 is 1.89 bits per heavy atom. The van der Waals surface area contributed by atoms with E-state index in [0.29, 0.717) is 19.0 Å². The number of rotatable bonds is 5. The Morgan fingerprint density at radius 1 is 1.18 bits per heavy atom. The summed E-state index contributed by atoms with van der Waals surface area (Å²) in [6.07, 6.45) is 1.63. The van der Waals surface area contributed by atoms with E-state index in [0.717, 1.165) is 62.9 Å². The van der Waals surface area contributed by atoms with Gasteiger partial charge in [0.05, 0.1) is 12.5 Å². The van der Waals surface area contributed by atoms with Crippen molar-refractivity contribution in [3.63, 3.8) is 0 Å². The molecule has 3 rings (SSSR count). The van der Waals surface area contributed by atoms with Crippen LogP contribution in [-0.4, -0.2) is 77.4 Å². The van der Waals surface area contributed by atoms with Crippen molar-refractivity contribution in [2.45, 2.75) is 39.5 Å². The lowest BCUT2D eigenvalue weighted by molar-refractivity contribution is -0.136. The van der Waals surface area contributed by atoms with Gasteiger partial charge in [0.25, 0.3) is 0 Å². The number of piperazine rings is 1. The molecule has 1 atom stereocenters. The summed E-state index contributed by atoms with van der Waals surface area (Å²) < 4.78 is 0. The van der Waals surface area contributed by atoms with Crippen LogP contribution in [0.5, 0.6) is 0 Å². The number of hydrogen-bond acceptors (Lipinski definition) is 6. The number of anilines is 1. The highest BCUT2D eigenvalue weighted by Gasteiger charge is 2.28. The van der Waals surface area contributed by atoms with E-state index in [-0.39, 0.29) is 17.7 Å². The average molecular weight is 389 g/mol. The molecule has 2 fully saturated rings. The molecule has 1 unspecified atom stereocenters. The molecular weight excluding hydrogens is 356 g/mol. The normalized spacial score (nSPS) is 21.2. The molecule has 2 amide bonds. The van der Waals surface area contributed by atoms with E-state index < -0.39 is 0 Å². The highest BCUT2D eigenvalue weighted by atomic mass is 16.2. The van der Waals surface area contributed by atoms with Crippen molar-refractivity contribution < 1.29 is 9.59 Å². The molecule has 2 N–H and O–H groups in total. The van der Waals surface area contributed by atoms with E-state index in [9.17, 15) is 9.59 Å². The van der Waals surface area contributed by atoms with Gasteiger partial charge in [0.2, 0.25) is 11.8 Å². The predicted octanol–water partition coefficient (Wildman–Crippen LogP) is 0.754. The first-order valence-corrected chi connectivity index (χ1v) is 10.2. The summed E-state index contributed by atoms with van der Waals surface area (Å²) in [4.78, 5) is 39.6. The van der Waals surface area contributed by atoms with Gasteiger partial charge in [-0.15, -0.1) is 0 Å². The van der Waals surface area contributed by atoms with Crippen LogP contribution in [0.25, 0.3) is 0 Å². The van der Waals surface area contributed by atoms with E-state index in [2.05, 4.69) is 28.6 Å². The Bertz CT molecular complexity index is 715. The minimum absolute atomic E-state index is 0.0966. The molecule has 0 bridgehead atoms. The average Bonchev–Trinajstić information content (AvgIpc) is 2.68. The molecule has 154 valence electrons. The van der Waals surface area contributed by atoms with E-state index in [1.54, 1.807) is 4.90 Å². The molecule has 8 heteroatoms. The van der Waals surface area contributed by atoms with Crippen molar-refractivity contribution in [3.05, 3.63) is 17.6 Å². The van der Waals surface area contributed by atoms with Crippen LogP contribution in [0, 0.1) is 12.8 Å². The molecule has 0 saturated carbocycles. The number of nitrogens with zero attached hydrogens (tertiary/aromatic N) is 5. The van der Waals surface area contributed by atoms with Crippen molar-refractivity contribution >= 4 is 17.6 Å². The van der Waals surface area contributed by atoms with Crippen molar-refractivity contribution in [2.75, 3.05) is 50.7 Å². The Kier molecular flexibility index (Phi) is 6.49. The predicted molar refractivity (Wildman–Crippen MR) is 108 cm³/mol. The molecule has 1 aromatic heterocycles. The lowest BCUT2D eigenvalue weighted by Gasteiger charge is -2.37. The molecule has 0 aromatic carbocycles. The molecule has 2 saturated heterocycles. The number of amides is 2. The largest absolute Gasteiger partial charge is 0.369 e. The zero-order valence-electron chi connectivity index (χ0n) is 17.2. The molecule has 0 aliphatic carbocycles. The SMILES string of the molecule is Cc1cc(N2CCN(CC(=O)N3CCCC(C(N)=O)C3)CC2)nc(C(C)C)n1. The number of primary amides is 1. The maximum Gasteiger partial charge on any atom is 0.236 e. The number of aromatic nitrogens is 2. The smallest absolute Gasteiger partial charge is 0.236 e. The zero-order valence-corrected chi connectivity index (χ0v) is 17.2. The van der Waals surface area contributed by atoms with Gasteiger partial charge in [-0.1, -0.05) is 13.8 Å². The first kappa shape index (κ1) is 20.5. The van der Waals surface area contributed by atoms with E-state index in [1.165, 1.54) is 0 Å². The van der Waals surface area contributed by atoms with Crippen LogP contribution >= 0.6 is 0 Å². The quantitative estimate of drug-likeness (QED) is 0.800. The van der Waals surface area contributed by atoms with Gasteiger partial charge in [-0.25, -0.2) is 9.97 Å². The lowest BCUT2D eigenvalue weighted by atomic mass is 9.97. The number of hydrogen-bond donors (Lipinski definition) is 1. The van der Waals surface area contributed by atoms with Gasteiger partial charge < -0.3 is 15.5 Å². The van der Waals surface area contributed by atoms with Gasteiger partial charge in [0.1, 0.15) is 11.6 Å². The number of carbonyl (C=O) groups excluding carboxylic acids is 2. The van der Waals surface area contributed by atoms with Crippen molar-refractivity contribution in [1.29, 1.82) is 0 Å². The second kappa shape index (κ2) is 8.86. The summed E-state index contributed by atoms with van der Waals surface area (Å²) in [6, 6.07) is 2.03. The highest BCUT2D eigenvalue weighted by molar-refractivity contribution is 5.81. The van der Waals surface area contributed by atoms with Crippen LogP contribution in [0.4, 0.5) is 5.82 Å². The molecule has 8 nitrogen and oxygen atoms in total. The third kappa shape index (κ3) is 4.98. The molecule has 0 radical (unpaired) electrons. The Labute approximate surface area is 167 Å². The second-order valence-electron chi connectivity index (χ2n) is 8.22. The second-order valence-corrected chi connectivity index (χ2v) is 8.22. The summed E-state index contributed by atoms with van der Waals surface area (Å²) in [5.41, 5.74) is 6.41. The molecule has 2 aliphatic heterocycles. The van der Waals surface area contributed by atoms with Crippen LogP contribution in [0.2, 0.25) is 0 Å². The van der Waals surface area contributed by atoms with Crippen molar-refractivity contribution in [1.82, 2.24) is 19.8 Å². The van der Waals surface area contributed by atoms with Crippen molar-refractivity contribution in [3.8, 4) is 0 Å². The monoisotopic (exact) mass is 388 g/mol. The molecule has 3 heterocycles. The summed E-state index contributed by atoms with van der Waals surface area (Å²) in [5.74, 6) is 1.74. The van der Waals surface area contributed by atoms with Gasteiger partial charge in [-0.2, -0.15) is 0 Å². The van der Waals surface area contributed by atoms with Crippen LogP contribution in [-0.2, 0) is 9.59 Å². The fourth-order valence-electron chi connectivity index (χ4n) is 3.86. The van der Waals surface area contributed by atoms with Gasteiger partial charge in [0, 0.05) is 56.9 Å². The number of piperidine rings is 1. The summed E-state index contributed by atoms with van der Waals surface area (Å²) in [7, 11) is 0. The summed E-state index contributed by atoms with van der Waals surface area (Å²) in [5, 5.41) is 0. The first-order chi connectivity index (χ1) is 13.3. The minimum Gasteiger partial charge on any atom is -0.369 e. The van der Waals surface area contributed by atoms with Crippen molar-refractivity contribution in [2.24, 2.45) is 11.7 Å². The zero-order chi connectivity index (χ0) is 20.3. The van der Waals surface area contributed by atoms with Gasteiger partial charge in [0.15, 0.2) is 0 Å². The fraction of sp³-hybridized carbons (Fsp3) is 0.700. The van der Waals surface area contributed by atoms with Gasteiger partial charge in [-0.3, -0.25) is 14.5 Å². The number of carbonyl (C=O) groups is 2. The van der Waals surface area contributed by atoms with E-state index in [4.69, 9.17) is 10.7 Å². The van der Waals surface area contributed by atoms with E-state index in [1.807, 2.05) is 13.0 Å². The summed E-state index contributed by atoms with van der Waals surface area (Å²) in [6.45, 7) is 11.1. The highest BCUT2D eigenvalue weighted by Crippen LogP contribution is 2.19.